The zero-order valence-electron chi connectivity index (χ0n) is 10.1. The highest BCUT2D eigenvalue weighted by atomic mass is 14.3. The van der Waals surface area contributed by atoms with Gasteiger partial charge < -0.3 is 0 Å². The zero-order valence-corrected chi connectivity index (χ0v) is 10.1. The molecule has 0 heterocycles. The van der Waals surface area contributed by atoms with Gasteiger partial charge in [-0.05, 0) is 31.1 Å². The van der Waals surface area contributed by atoms with Crippen LogP contribution in [-0.4, -0.2) is 0 Å². The van der Waals surface area contributed by atoms with Gasteiger partial charge in [0.25, 0.3) is 0 Å². The van der Waals surface area contributed by atoms with Gasteiger partial charge in [-0.15, -0.1) is 0 Å². The molecule has 0 bridgehead atoms. The van der Waals surface area contributed by atoms with Gasteiger partial charge in [0.1, 0.15) is 0 Å². The number of hydrogen-bond donors (Lipinski definition) is 0. The number of rotatable bonds is 3. The summed E-state index contributed by atoms with van der Waals surface area (Å²) in [5.74, 6) is 1.06. The predicted octanol–water partition coefficient (Wildman–Crippen LogP) is 4.44. The van der Waals surface area contributed by atoms with Crippen LogP contribution < -0.4 is 0 Å². The van der Waals surface area contributed by atoms with E-state index in [-0.39, 0.29) is 5.41 Å². The maximum absolute atomic E-state index is 4.08. The second-order valence-electron chi connectivity index (χ2n) is 5.33. The molecule has 0 rings (SSSR count). The molecule has 2 unspecified atom stereocenters. The molecule has 0 aliphatic heterocycles. The third kappa shape index (κ3) is 3.38. The van der Waals surface area contributed by atoms with Crippen molar-refractivity contribution in [2.24, 2.45) is 17.3 Å². The molecule has 0 aromatic heterocycles. The highest BCUT2D eigenvalue weighted by Gasteiger charge is 2.30. The molecule has 0 fully saturated rings. The zero-order chi connectivity index (χ0) is 10.8. The minimum Gasteiger partial charge on any atom is -0.0998 e. The molecule has 0 aliphatic carbocycles. The number of allylic oxidation sites excluding steroid dienone is 2. The summed E-state index contributed by atoms with van der Waals surface area (Å²) in [6.07, 6.45) is 0. The Hall–Kier alpha value is -0.520. The summed E-state index contributed by atoms with van der Waals surface area (Å²) in [5.41, 5.74) is 2.80. The summed E-state index contributed by atoms with van der Waals surface area (Å²) in [6.45, 7) is 21.4. The van der Waals surface area contributed by atoms with Crippen molar-refractivity contribution in [2.45, 2.75) is 41.5 Å². The van der Waals surface area contributed by atoms with Crippen LogP contribution in [0.5, 0.6) is 0 Å². The second-order valence-corrected chi connectivity index (χ2v) is 5.33. The van der Waals surface area contributed by atoms with Gasteiger partial charge in [0.15, 0.2) is 0 Å². The lowest BCUT2D eigenvalue weighted by Crippen LogP contribution is -2.28. The molecule has 0 saturated heterocycles. The summed E-state index contributed by atoms with van der Waals surface area (Å²) in [7, 11) is 0. The summed E-state index contributed by atoms with van der Waals surface area (Å²) in [6, 6.07) is 0. The lowest BCUT2D eigenvalue weighted by molar-refractivity contribution is 0.226. The Kier molecular flexibility index (Phi) is 3.96. The monoisotopic (exact) mass is 180 g/mol. The average Bonchev–Trinajstić information content (AvgIpc) is 1.82. The fraction of sp³-hybridized carbons (Fsp3) is 0.692. The van der Waals surface area contributed by atoms with Gasteiger partial charge in [-0.25, -0.2) is 0 Å². The van der Waals surface area contributed by atoms with E-state index >= 15 is 0 Å². The Morgan fingerprint density at radius 2 is 1.38 bits per heavy atom. The molecule has 0 spiro atoms. The molecule has 0 heteroatoms. The standard InChI is InChI=1S/C13H24/c1-9(2)11(5)12(10(3)4)13(6,7)8/h11-12H,1,3H2,2,4-8H3. The maximum Gasteiger partial charge on any atom is -0.00972 e. The molecule has 0 N–H and O–H groups in total. The highest BCUT2D eigenvalue weighted by Crippen LogP contribution is 2.39. The first-order valence-electron chi connectivity index (χ1n) is 4.98. The Bertz CT molecular complexity index is 203. The fourth-order valence-electron chi connectivity index (χ4n) is 2.20. The number of hydrogen-bond acceptors (Lipinski definition) is 0. The SMILES string of the molecule is C=C(C)C(C)C(C(=C)C)C(C)(C)C. The molecule has 0 saturated carbocycles. The van der Waals surface area contributed by atoms with Crippen LogP contribution in [0.4, 0.5) is 0 Å². The lowest BCUT2D eigenvalue weighted by atomic mass is 9.69. The Labute approximate surface area is 83.7 Å². The third-order valence-electron chi connectivity index (χ3n) is 2.74. The van der Waals surface area contributed by atoms with Crippen LogP contribution in [0.3, 0.4) is 0 Å². The average molecular weight is 180 g/mol. The molecule has 0 aliphatic rings. The minimum atomic E-state index is 0.282. The van der Waals surface area contributed by atoms with Crippen LogP contribution in [0.15, 0.2) is 24.3 Å². The van der Waals surface area contributed by atoms with Gasteiger partial charge in [-0.1, -0.05) is 52.0 Å². The normalized spacial score (nSPS) is 16.5. The first-order valence-corrected chi connectivity index (χ1v) is 4.98. The molecule has 0 radical (unpaired) electrons. The highest BCUT2D eigenvalue weighted by molar-refractivity contribution is 5.10. The van der Waals surface area contributed by atoms with E-state index in [1.165, 1.54) is 11.1 Å². The van der Waals surface area contributed by atoms with Crippen molar-refractivity contribution in [3.05, 3.63) is 24.3 Å². The fourth-order valence-corrected chi connectivity index (χ4v) is 2.20. The topological polar surface area (TPSA) is 0 Å². The van der Waals surface area contributed by atoms with Crippen molar-refractivity contribution in [3.8, 4) is 0 Å². The van der Waals surface area contributed by atoms with Crippen LogP contribution >= 0.6 is 0 Å². The van der Waals surface area contributed by atoms with Crippen LogP contribution in [0, 0.1) is 17.3 Å². The van der Waals surface area contributed by atoms with E-state index in [0.717, 1.165) is 0 Å². The first kappa shape index (κ1) is 12.5. The molecular formula is C13H24. The lowest BCUT2D eigenvalue weighted by Gasteiger charge is -2.36. The first-order chi connectivity index (χ1) is 5.68. The van der Waals surface area contributed by atoms with E-state index in [1.54, 1.807) is 0 Å². The Morgan fingerprint density at radius 3 is 1.46 bits per heavy atom. The smallest absolute Gasteiger partial charge is 0.00972 e. The van der Waals surface area contributed by atoms with E-state index in [2.05, 4.69) is 54.7 Å². The van der Waals surface area contributed by atoms with Crippen molar-refractivity contribution >= 4 is 0 Å². The Morgan fingerprint density at radius 1 is 1.00 bits per heavy atom. The van der Waals surface area contributed by atoms with Crippen molar-refractivity contribution in [3.63, 3.8) is 0 Å². The van der Waals surface area contributed by atoms with Gasteiger partial charge in [-0.2, -0.15) is 0 Å². The van der Waals surface area contributed by atoms with Crippen molar-refractivity contribution in [1.82, 2.24) is 0 Å². The largest absolute Gasteiger partial charge is 0.0998 e. The van der Waals surface area contributed by atoms with Crippen LogP contribution in [0.2, 0.25) is 0 Å². The summed E-state index contributed by atoms with van der Waals surface area (Å²) in [4.78, 5) is 0. The molecule has 2 atom stereocenters. The van der Waals surface area contributed by atoms with Crippen molar-refractivity contribution in [1.29, 1.82) is 0 Å². The van der Waals surface area contributed by atoms with Crippen LogP contribution in [0.1, 0.15) is 41.5 Å². The third-order valence-corrected chi connectivity index (χ3v) is 2.74. The van der Waals surface area contributed by atoms with E-state index < -0.39 is 0 Å². The summed E-state index contributed by atoms with van der Waals surface area (Å²) in [5, 5.41) is 0. The minimum absolute atomic E-state index is 0.282. The summed E-state index contributed by atoms with van der Waals surface area (Å²) >= 11 is 0. The van der Waals surface area contributed by atoms with E-state index in [4.69, 9.17) is 0 Å². The van der Waals surface area contributed by atoms with Crippen LogP contribution in [-0.2, 0) is 0 Å². The maximum atomic E-state index is 4.08. The quantitative estimate of drug-likeness (QED) is 0.563. The Balaban J connectivity index is 4.83. The van der Waals surface area contributed by atoms with Gasteiger partial charge in [0.05, 0.1) is 0 Å². The molecule has 13 heavy (non-hydrogen) atoms. The van der Waals surface area contributed by atoms with Gasteiger partial charge in [-0.3, -0.25) is 0 Å². The van der Waals surface area contributed by atoms with E-state index in [0.29, 0.717) is 11.8 Å². The second kappa shape index (κ2) is 4.13. The molecular weight excluding hydrogens is 156 g/mol. The molecule has 0 aromatic carbocycles. The van der Waals surface area contributed by atoms with Crippen LogP contribution in [0.25, 0.3) is 0 Å². The molecule has 0 aromatic rings. The van der Waals surface area contributed by atoms with Gasteiger partial charge in [0, 0.05) is 0 Å². The van der Waals surface area contributed by atoms with Crippen molar-refractivity contribution in [2.75, 3.05) is 0 Å². The predicted molar refractivity (Wildman–Crippen MR) is 61.7 cm³/mol. The van der Waals surface area contributed by atoms with Gasteiger partial charge >= 0.3 is 0 Å². The van der Waals surface area contributed by atoms with Gasteiger partial charge in [0.2, 0.25) is 0 Å². The summed E-state index contributed by atoms with van der Waals surface area (Å²) < 4.78 is 0. The molecule has 0 nitrogen and oxygen atoms in total. The molecule has 76 valence electrons. The van der Waals surface area contributed by atoms with Crippen molar-refractivity contribution < 1.29 is 0 Å². The van der Waals surface area contributed by atoms with E-state index in [1.807, 2.05) is 0 Å². The molecule has 0 amide bonds. The van der Waals surface area contributed by atoms with E-state index in [9.17, 15) is 0 Å².